The van der Waals surface area contributed by atoms with Crippen LogP contribution in [0.15, 0.2) is 24.3 Å². The normalized spacial score (nSPS) is 13.7. The standard InChI is InChI=1S/C15H16N2O/c1-10-7-14(17-15(9-18)16-10)13-6-5-11-3-2-4-12(11)8-13/h5-8,18H,2-4,9H2,1H3. The molecule has 0 atom stereocenters. The van der Waals surface area contributed by atoms with Crippen LogP contribution in [0.1, 0.15) is 29.1 Å². The number of aromatic nitrogens is 2. The van der Waals surface area contributed by atoms with Gasteiger partial charge in [-0.05, 0) is 49.4 Å². The summed E-state index contributed by atoms with van der Waals surface area (Å²) in [6.45, 7) is 1.82. The summed E-state index contributed by atoms with van der Waals surface area (Å²) in [6, 6.07) is 8.52. The van der Waals surface area contributed by atoms with Gasteiger partial charge in [0.05, 0.1) is 5.69 Å². The Bertz CT molecular complexity index is 593. The van der Waals surface area contributed by atoms with Gasteiger partial charge in [0.25, 0.3) is 0 Å². The summed E-state index contributed by atoms with van der Waals surface area (Å²) < 4.78 is 0. The fraction of sp³-hybridized carbons (Fsp3) is 0.333. The topological polar surface area (TPSA) is 46.0 Å². The molecule has 0 bridgehead atoms. The molecule has 0 spiro atoms. The largest absolute Gasteiger partial charge is 0.388 e. The SMILES string of the molecule is Cc1cc(-c2ccc3c(c2)CCC3)nc(CO)n1. The van der Waals surface area contributed by atoms with Crippen LogP contribution in [-0.4, -0.2) is 15.1 Å². The lowest BCUT2D eigenvalue weighted by molar-refractivity contribution is 0.271. The number of nitrogens with zero attached hydrogens (tertiary/aromatic N) is 2. The number of hydrogen-bond donors (Lipinski definition) is 1. The van der Waals surface area contributed by atoms with Crippen LogP contribution >= 0.6 is 0 Å². The van der Waals surface area contributed by atoms with E-state index in [1.807, 2.05) is 13.0 Å². The van der Waals surface area contributed by atoms with Crippen molar-refractivity contribution in [2.45, 2.75) is 32.8 Å². The fourth-order valence-corrected chi connectivity index (χ4v) is 2.58. The Kier molecular flexibility index (Phi) is 2.84. The van der Waals surface area contributed by atoms with Gasteiger partial charge < -0.3 is 5.11 Å². The third-order valence-corrected chi connectivity index (χ3v) is 3.44. The fourth-order valence-electron chi connectivity index (χ4n) is 2.58. The summed E-state index contributed by atoms with van der Waals surface area (Å²) >= 11 is 0. The van der Waals surface area contributed by atoms with Gasteiger partial charge in [-0.2, -0.15) is 0 Å². The first kappa shape index (κ1) is 11.4. The molecular formula is C15H16N2O. The third kappa shape index (κ3) is 2.02. The maximum atomic E-state index is 9.16. The van der Waals surface area contributed by atoms with Crippen LogP contribution in [0.3, 0.4) is 0 Å². The average molecular weight is 240 g/mol. The highest BCUT2D eigenvalue weighted by Gasteiger charge is 2.12. The summed E-state index contributed by atoms with van der Waals surface area (Å²) in [5.41, 5.74) is 5.82. The number of aliphatic hydroxyl groups excluding tert-OH is 1. The highest BCUT2D eigenvalue weighted by atomic mass is 16.3. The van der Waals surface area contributed by atoms with Crippen LogP contribution in [0.2, 0.25) is 0 Å². The van der Waals surface area contributed by atoms with Gasteiger partial charge >= 0.3 is 0 Å². The van der Waals surface area contributed by atoms with Crippen LogP contribution < -0.4 is 0 Å². The van der Waals surface area contributed by atoms with Crippen molar-refractivity contribution >= 4 is 0 Å². The summed E-state index contributed by atoms with van der Waals surface area (Å²) in [6.07, 6.45) is 3.61. The Labute approximate surface area is 107 Å². The zero-order valence-electron chi connectivity index (χ0n) is 10.5. The van der Waals surface area contributed by atoms with Crippen LogP contribution in [0, 0.1) is 6.92 Å². The average Bonchev–Trinajstić information content (AvgIpc) is 2.85. The summed E-state index contributed by atoms with van der Waals surface area (Å²) in [5.74, 6) is 0.491. The van der Waals surface area contributed by atoms with Gasteiger partial charge in [-0.3, -0.25) is 0 Å². The first-order chi connectivity index (χ1) is 8.76. The maximum absolute atomic E-state index is 9.16. The van der Waals surface area contributed by atoms with E-state index in [2.05, 4.69) is 28.2 Å². The van der Waals surface area contributed by atoms with E-state index < -0.39 is 0 Å². The van der Waals surface area contributed by atoms with E-state index >= 15 is 0 Å². The molecule has 1 aromatic heterocycles. The highest BCUT2D eigenvalue weighted by Crippen LogP contribution is 2.27. The van der Waals surface area contributed by atoms with Gasteiger partial charge in [-0.25, -0.2) is 9.97 Å². The molecule has 92 valence electrons. The zero-order chi connectivity index (χ0) is 12.5. The predicted octanol–water partition coefficient (Wildman–Crippen LogP) is 2.43. The molecule has 0 fully saturated rings. The highest BCUT2D eigenvalue weighted by molar-refractivity contribution is 5.61. The van der Waals surface area contributed by atoms with E-state index in [1.165, 1.54) is 30.4 Å². The Morgan fingerprint density at radius 3 is 2.78 bits per heavy atom. The smallest absolute Gasteiger partial charge is 0.154 e. The first-order valence-corrected chi connectivity index (χ1v) is 6.34. The molecule has 1 heterocycles. The van der Waals surface area contributed by atoms with E-state index in [1.54, 1.807) is 0 Å². The number of aryl methyl sites for hydroxylation is 3. The minimum absolute atomic E-state index is 0.111. The first-order valence-electron chi connectivity index (χ1n) is 6.34. The molecule has 3 rings (SSSR count). The van der Waals surface area contributed by atoms with Crippen molar-refractivity contribution in [2.24, 2.45) is 0 Å². The lowest BCUT2D eigenvalue weighted by Gasteiger charge is -2.07. The molecule has 1 aliphatic carbocycles. The van der Waals surface area contributed by atoms with Crippen LogP contribution in [0.5, 0.6) is 0 Å². The monoisotopic (exact) mass is 240 g/mol. The quantitative estimate of drug-likeness (QED) is 0.877. The van der Waals surface area contributed by atoms with E-state index in [-0.39, 0.29) is 6.61 Å². The van der Waals surface area contributed by atoms with Gasteiger partial charge in [0.1, 0.15) is 6.61 Å². The molecular weight excluding hydrogens is 224 g/mol. The second kappa shape index (κ2) is 4.50. The predicted molar refractivity (Wildman–Crippen MR) is 70.2 cm³/mol. The van der Waals surface area contributed by atoms with E-state index in [0.717, 1.165) is 17.0 Å². The molecule has 0 amide bonds. The van der Waals surface area contributed by atoms with E-state index in [0.29, 0.717) is 5.82 Å². The molecule has 0 saturated heterocycles. The Balaban J connectivity index is 2.06. The van der Waals surface area contributed by atoms with Crippen molar-refractivity contribution < 1.29 is 5.11 Å². The molecule has 1 aromatic carbocycles. The van der Waals surface area contributed by atoms with Crippen molar-refractivity contribution in [1.29, 1.82) is 0 Å². The Morgan fingerprint density at radius 1 is 1.11 bits per heavy atom. The minimum Gasteiger partial charge on any atom is -0.388 e. The molecule has 3 nitrogen and oxygen atoms in total. The van der Waals surface area contributed by atoms with Crippen molar-refractivity contribution in [3.8, 4) is 11.3 Å². The lowest BCUT2D eigenvalue weighted by Crippen LogP contribution is -1.99. The Morgan fingerprint density at radius 2 is 1.94 bits per heavy atom. The van der Waals surface area contributed by atoms with Crippen molar-refractivity contribution in [3.63, 3.8) is 0 Å². The van der Waals surface area contributed by atoms with Gasteiger partial charge in [-0.1, -0.05) is 12.1 Å². The van der Waals surface area contributed by atoms with Crippen molar-refractivity contribution in [3.05, 3.63) is 46.9 Å². The van der Waals surface area contributed by atoms with Crippen LogP contribution in [0.4, 0.5) is 0 Å². The second-order valence-corrected chi connectivity index (χ2v) is 4.81. The summed E-state index contributed by atoms with van der Waals surface area (Å²) in [5, 5.41) is 9.16. The molecule has 0 radical (unpaired) electrons. The van der Waals surface area contributed by atoms with E-state index in [4.69, 9.17) is 5.11 Å². The van der Waals surface area contributed by atoms with Gasteiger partial charge in [-0.15, -0.1) is 0 Å². The van der Waals surface area contributed by atoms with E-state index in [9.17, 15) is 0 Å². The van der Waals surface area contributed by atoms with Gasteiger partial charge in [0.15, 0.2) is 5.82 Å². The molecule has 1 N–H and O–H groups in total. The lowest BCUT2D eigenvalue weighted by atomic mass is 10.0. The number of rotatable bonds is 2. The summed E-state index contributed by atoms with van der Waals surface area (Å²) in [4.78, 5) is 8.58. The number of fused-ring (bicyclic) bond motifs is 1. The van der Waals surface area contributed by atoms with Gasteiger partial charge in [0, 0.05) is 11.3 Å². The number of benzene rings is 1. The maximum Gasteiger partial charge on any atom is 0.154 e. The number of hydrogen-bond acceptors (Lipinski definition) is 3. The molecule has 2 aromatic rings. The van der Waals surface area contributed by atoms with Crippen molar-refractivity contribution in [1.82, 2.24) is 9.97 Å². The second-order valence-electron chi connectivity index (χ2n) is 4.81. The molecule has 0 saturated carbocycles. The Hall–Kier alpha value is -1.74. The van der Waals surface area contributed by atoms with Crippen LogP contribution in [-0.2, 0) is 19.4 Å². The zero-order valence-corrected chi connectivity index (χ0v) is 10.5. The summed E-state index contributed by atoms with van der Waals surface area (Å²) in [7, 11) is 0. The molecule has 18 heavy (non-hydrogen) atoms. The number of aliphatic hydroxyl groups is 1. The van der Waals surface area contributed by atoms with Crippen molar-refractivity contribution in [2.75, 3.05) is 0 Å². The molecule has 0 aliphatic heterocycles. The van der Waals surface area contributed by atoms with Crippen LogP contribution in [0.25, 0.3) is 11.3 Å². The van der Waals surface area contributed by atoms with Gasteiger partial charge in [0.2, 0.25) is 0 Å². The third-order valence-electron chi connectivity index (χ3n) is 3.44. The molecule has 3 heteroatoms. The molecule has 0 unspecified atom stereocenters. The minimum atomic E-state index is -0.111. The molecule has 1 aliphatic rings.